The van der Waals surface area contributed by atoms with E-state index in [9.17, 15) is 0 Å². The van der Waals surface area contributed by atoms with Gasteiger partial charge in [0.2, 0.25) is 0 Å². The van der Waals surface area contributed by atoms with E-state index in [1.165, 1.54) is 0 Å². The summed E-state index contributed by atoms with van der Waals surface area (Å²) in [4.78, 5) is 4.22. The topological polar surface area (TPSA) is 72.3 Å². The van der Waals surface area contributed by atoms with Crippen LogP contribution in [0, 0.1) is 37.8 Å². The Labute approximate surface area is 207 Å². The molecule has 0 atom stereocenters. The van der Waals surface area contributed by atoms with Crippen molar-refractivity contribution in [2.24, 2.45) is 0 Å². The van der Waals surface area contributed by atoms with Gasteiger partial charge in [-0.2, -0.15) is 16.3 Å². The molecule has 164 valence electrons. The van der Waals surface area contributed by atoms with E-state index in [1.807, 2.05) is 108 Å². The van der Waals surface area contributed by atoms with Crippen LogP contribution in [0.5, 0.6) is 0 Å². The second kappa shape index (κ2) is 12.9. The van der Waals surface area contributed by atoms with E-state index in [0.717, 1.165) is 34.0 Å². The third-order valence-corrected chi connectivity index (χ3v) is 4.35. The molecule has 0 aliphatic carbocycles. The zero-order valence-electron chi connectivity index (χ0n) is 18.2. The largest absolute Gasteiger partial charge is 3.00 e. The van der Waals surface area contributed by atoms with Crippen LogP contribution in [0.1, 0.15) is 11.4 Å². The quantitative estimate of drug-likeness (QED) is 0.267. The van der Waals surface area contributed by atoms with Gasteiger partial charge < -0.3 is 16.8 Å². The molecule has 0 saturated carbocycles. The van der Waals surface area contributed by atoms with Crippen LogP contribution < -0.4 is 0 Å². The summed E-state index contributed by atoms with van der Waals surface area (Å²) in [6.45, 7) is 8.69. The zero-order valence-corrected chi connectivity index (χ0v) is 20.6. The maximum atomic E-state index is 6.25. The van der Waals surface area contributed by atoms with Gasteiger partial charge in [-0.05, 0) is 49.1 Å². The molecule has 33 heavy (non-hydrogen) atoms. The number of benzene rings is 2. The molecular weight excluding hydrogens is 589 g/mol. The molecule has 0 N–H and O–H groups in total. The molecule has 0 aliphatic rings. The van der Waals surface area contributed by atoms with Crippen molar-refractivity contribution in [2.45, 2.75) is 13.8 Å². The van der Waals surface area contributed by atoms with Crippen molar-refractivity contribution in [3.05, 3.63) is 121 Å². The first-order valence-electron chi connectivity index (χ1n) is 9.87. The molecule has 3 aromatic heterocycles. The van der Waals surface area contributed by atoms with Crippen molar-refractivity contribution >= 4 is 0 Å². The van der Waals surface area contributed by atoms with E-state index in [1.54, 1.807) is 6.20 Å². The van der Waals surface area contributed by atoms with Crippen LogP contribution >= 0.6 is 0 Å². The van der Waals surface area contributed by atoms with Crippen molar-refractivity contribution in [1.82, 2.24) is 24.5 Å². The van der Waals surface area contributed by atoms with Crippen molar-refractivity contribution in [3.63, 3.8) is 0 Å². The van der Waals surface area contributed by atoms with Crippen LogP contribution in [-0.2, 0) is 20.1 Å². The number of nitrogens with zero attached hydrogens (tertiary/aromatic N) is 6. The smallest absolute Gasteiger partial charge is 0.512 e. The van der Waals surface area contributed by atoms with Crippen molar-refractivity contribution in [3.8, 4) is 22.6 Å². The fourth-order valence-corrected chi connectivity index (χ4v) is 2.89. The second-order valence-electron chi connectivity index (χ2n) is 6.72. The monoisotopic (exact) mass is 610 g/mol. The maximum Gasteiger partial charge on any atom is 3.00 e. The zero-order chi connectivity index (χ0) is 22.8. The molecule has 3 heterocycles. The van der Waals surface area contributed by atoms with Crippen LogP contribution in [0.2, 0.25) is 0 Å². The molecule has 7 heteroatoms. The molecule has 0 bridgehead atoms. The van der Waals surface area contributed by atoms with Gasteiger partial charge in [0.1, 0.15) is 0 Å². The first-order chi connectivity index (χ1) is 15.7. The van der Waals surface area contributed by atoms with E-state index in [-0.39, 0.29) is 20.1 Å². The molecule has 0 spiro atoms. The molecule has 0 amide bonds. The SMILES string of the molecule is Cc1ccn(-c2[c-]c(-n3ccc(C)n3)ccc2)n1.[C-]#N.[Ir+3].[c-]1ccccc1-c1ccccn1. The number of aromatic nitrogens is 5. The number of hydrogen-bond acceptors (Lipinski definition) is 4. The molecule has 5 aromatic rings. The minimum atomic E-state index is 0. The summed E-state index contributed by atoms with van der Waals surface area (Å²) < 4.78 is 3.63. The molecule has 2 aromatic carbocycles. The van der Waals surface area contributed by atoms with Gasteiger partial charge in [-0.1, -0.05) is 12.1 Å². The van der Waals surface area contributed by atoms with Crippen LogP contribution in [0.3, 0.4) is 0 Å². The molecule has 0 unspecified atom stereocenters. The standard InChI is InChI=1S/C14H13N4.C11H8N.CN.Ir/c1-11-6-8-17(15-11)13-4-3-5-14(10-13)18-9-7-12(2)16-18;1-2-6-10(7-3-1)11-8-4-5-9-12-11;1-2;/h3-9H,1-2H3;1-6,8-9H;;/q3*-1;+3. The Hall–Kier alpha value is -3.85. The molecule has 5 rings (SSSR count). The molecule has 6 nitrogen and oxygen atoms in total. The van der Waals surface area contributed by atoms with Crippen molar-refractivity contribution in [2.75, 3.05) is 0 Å². The Kier molecular flexibility index (Phi) is 9.91. The van der Waals surface area contributed by atoms with Crippen molar-refractivity contribution < 1.29 is 20.1 Å². The van der Waals surface area contributed by atoms with Gasteiger partial charge in [0, 0.05) is 18.6 Å². The molecule has 0 fully saturated rings. The number of pyridine rings is 1. The molecule has 0 radical (unpaired) electrons. The Bertz CT molecular complexity index is 1170. The minimum absolute atomic E-state index is 0. The number of rotatable bonds is 3. The predicted octanol–water partition coefficient (Wildman–Crippen LogP) is 5.12. The summed E-state index contributed by atoms with van der Waals surface area (Å²) in [5.41, 5.74) is 5.81. The third-order valence-electron chi connectivity index (χ3n) is 4.35. The van der Waals surface area contributed by atoms with E-state index in [2.05, 4.69) is 27.3 Å². The summed E-state index contributed by atoms with van der Waals surface area (Å²) >= 11 is 0. The Morgan fingerprint density at radius 2 is 1.36 bits per heavy atom. The Balaban J connectivity index is 0.000000225. The molecule has 0 aliphatic heterocycles. The van der Waals surface area contributed by atoms with E-state index >= 15 is 0 Å². The Morgan fingerprint density at radius 1 is 0.758 bits per heavy atom. The normalized spacial score (nSPS) is 9.45. The van der Waals surface area contributed by atoms with E-state index in [0.29, 0.717) is 0 Å². The van der Waals surface area contributed by atoms with E-state index < -0.39 is 0 Å². The summed E-state index contributed by atoms with van der Waals surface area (Å²) in [5.74, 6) is 0. The fourth-order valence-electron chi connectivity index (χ4n) is 2.89. The van der Waals surface area contributed by atoms with E-state index in [4.69, 9.17) is 11.8 Å². The van der Waals surface area contributed by atoms with Crippen LogP contribution in [0.25, 0.3) is 22.6 Å². The van der Waals surface area contributed by atoms with Gasteiger partial charge in [-0.3, -0.25) is 9.36 Å². The van der Waals surface area contributed by atoms with Gasteiger partial charge in [0.05, 0.1) is 11.4 Å². The summed E-state index contributed by atoms with van der Waals surface area (Å²) in [6.07, 6.45) is 5.65. The van der Waals surface area contributed by atoms with Crippen LogP contribution in [-0.4, -0.2) is 24.5 Å². The average molecular weight is 610 g/mol. The number of aryl methyl sites for hydroxylation is 2. The van der Waals surface area contributed by atoms with Crippen molar-refractivity contribution in [1.29, 1.82) is 5.26 Å². The molecular formula is C26H21IrN6. The Morgan fingerprint density at radius 3 is 1.82 bits per heavy atom. The maximum absolute atomic E-state index is 6.25. The average Bonchev–Trinajstić information content (AvgIpc) is 3.50. The van der Waals surface area contributed by atoms with Gasteiger partial charge in [0.25, 0.3) is 0 Å². The minimum Gasteiger partial charge on any atom is -0.512 e. The number of hydrogen-bond donors (Lipinski definition) is 0. The first-order valence-corrected chi connectivity index (χ1v) is 9.87. The molecule has 0 saturated heterocycles. The summed E-state index contributed by atoms with van der Waals surface area (Å²) in [7, 11) is 0. The second-order valence-corrected chi connectivity index (χ2v) is 6.72. The van der Waals surface area contributed by atoms with Gasteiger partial charge >= 0.3 is 20.1 Å². The summed E-state index contributed by atoms with van der Waals surface area (Å²) in [6, 6.07) is 30.0. The van der Waals surface area contributed by atoms with Crippen LogP contribution in [0.15, 0.2) is 91.4 Å². The fraction of sp³-hybridized carbons (Fsp3) is 0.0769. The van der Waals surface area contributed by atoms with Gasteiger partial charge in [-0.25, -0.2) is 0 Å². The third kappa shape index (κ3) is 7.08. The predicted molar refractivity (Wildman–Crippen MR) is 122 cm³/mol. The van der Waals surface area contributed by atoms with Gasteiger partial charge in [-0.15, -0.1) is 54.1 Å². The first kappa shape index (κ1) is 25.4. The summed E-state index contributed by atoms with van der Waals surface area (Å²) in [5, 5.41) is 15.0. The van der Waals surface area contributed by atoms with Gasteiger partial charge in [0.15, 0.2) is 0 Å². The van der Waals surface area contributed by atoms with Crippen LogP contribution in [0.4, 0.5) is 0 Å².